The first-order valence-electron chi connectivity index (χ1n) is 10.9. The highest BCUT2D eigenvalue weighted by Gasteiger charge is 2.41. The molecule has 1 amide bonds. The molecule has 3 nitrogen and oxygen atoms in total. The summed E-state index contributed by atoms with van der Waals surface area (Å²) in [6.07, 6.45) is 2.79. The van der Waals surface area contributed by atoms with E-state index in [4.69, 9.17) is 0 Å². The van der Waals surface area contributed by atoms with E-state index in [2.05, 4.69) is 6.07 Å². The molecular weight excluding hydrogens is 428 g/mol. The maximum atomic E-state index is 14.1. The summed E-state index contributed by atoms with van der Waals surface area (Å²) >= 11 is 1.68. The Morgan fingerprint density at radius 3 is 2.56 bits per heavy atom. The lowest BCUT2D eigenvalue weighted by atomic mass is 9.73. The third-order valence-electron chi connectivity index (χ3n) is 6.60. The molecule has 1 aliphatic heterocycles. The average molecular weight is 456 g/mol. The van der Waals surface area contributed by atoms with E-state index in [1.165, 1.54) is 17.0 Å². The molecule has 2 atom stereocenters. The number of rotatable bonds is 7. The molecule has 1 aliphatic rings. The van der Waals surface area contributed by atoms with Crippen LogP contribution in [0.15, 0.2) is 60.0 Å². The first-order valence-corrected chi connectivity index (χ1v) is 11.8. The van der Waals surface area contributed by atoms with Crippen LogP contribution < -0.4 is 0 Å². The summed E-state index contributed by atoms with van der Waals surface area (Å²) in [7, 11) is 0. The van der Waals surface area contributed by atoms with E-state index in [1.807, 2.05) is 47.5 Å². The summed E-state index contributed by atoms with van der Waals surface area (Å²) in [5, 5.41) is 11.4. The maximum absolute atomic E-state index is 14.1. The van der Waals surface area contributed by atoms with Gasteiger partial charge in [-0.2, -0.15) is 0 Å². The Kier molecular flexibility index (Phi) is 6.72. The van der Waals surface area contributed by atoms with Gasteiger partial charge in [-0.25, -0.2) is 8.78 Å². The van der Waals surface area contributed by atoms with E-state index in [9.17, 15) is 18.7 Å². The molecule has 0 saturated carbocycles. The minimum atomic E-state index is -0.599. The third kappa shape index (κ3) is 4.48. The zero-order valence-electron chi connectivity index (χ0n) is 18.1. The molecule has 3 aromatic rings. The van der Waals surface area contributed by atoms with Gasteiger partial charge in [0.05, 0.1) is 6.04 Å². The van der Waals surface area contributed by atoms with Gasteiger partial charge in [0.15, 0.2) is 0 Å². The molecule has 6 heteroatoms. The minimum Gasteiger partial charge on any atom is -0.396 e. The van der Waals surface area contributed by atoms with Crippen molar-refractivity contribution in [1.29, 1.82) is 0 Å². The van der Waals surface area contributed by atoms with Crippen molar-refractivity contribution in [1.82, 2.24) is 4.90 Å². The number of nitrogens with zero attached hydrogens (tertiary/aromatic N) is 1. The largest absolute Gasteiger partial charge is 0.396 e. The summed E-state index contributed by atoms with van der Waals surface area (Å²) in [5.41, 5.74) is 1.80. The lowest BCUT2D eigenvalue weighted by Gasteiger charge is -2.43. The number of halogens is 2. The molecule has 1 saturated heterocycles. The van der Waals surface area contributed by atoms with Crippen LogP contribution in [0.2, 0.25) is 0 Å². The number of carbonyl (C=O) groups is 1. The molecule has 32 heavy (non-hydrogen) atoms. The lowest BCUT2D eigenvalue weighted by molar-refractivity contribution is -0.138. The topological polar surface area (TPSA) is 40.5 Å². The summed E-state index contributed by atoms with van der Waals surface area (Å²) in [6.45, 7) is 2.79. The highest BCUT2D eigenvalue weighted by Crippen LogP contribution is 2.43. The molecule has 0 bridgehead atoms. The van der Waals surface area contributed by atoms with Crippen LogP contribution in [-0.2, 0) is 10.2 Å². The second-order valence-corrected chi connectivity index (χ2v) is 9.47. The Bertz CT molecular complexity index is 1070. The van der Waals surface area contributed by atoms with Crippen molar-refractivity contribution < 1.29 is 18.7 Å². The van der Waals surface area contributed by atoms with Gasteiger partial charge < -0.3 is 10.0 Å². The molecule has 0 spiro atoms. The lowest BCUT2D eigenvalue weighted by Crippen LogP contribution is -2.47. The fraction of sp³-hybridized carbons (Fsp3) is 0.346. The molecular formula is C26H27F2NO2S. The molecule has 0 aliphatic carbocycles. The van der Waals surface area contributed by atoms with Gasteiger partial charge in [-0.05, 0) is 60.9 Å². The van der Waals surface area contributed by atoms with Gasteiger partial charge in [0.25, 0.3) is 0 Å². The van der Waals surface area contributed by atoms with Crippen molar-refractivity contribution in [3.8, 4) is 11.1 Å². The quantitative estimate of drug-likeness (QED) is 0.469. The molecule has 4 rings (SSSR count). The fourth-order valence-electron chi connectivity index (χ4n) is 4.74. The van der Waals surface area contributed by atoms with Crippen LogP contribution in [0.3, 0.4) is 0 Å². The number of benzene rings is 2. The first kappa shape index (κ1) is 22.6. The summed E-state index contributed by atoms with van der Waals surface area (Å²) < 4.78 is 27.3. The number of hydrogen-bond acceptors (Lipinski definition) is 3. The SMILES string of the molecule is C[C@@H](c1ccc(-c2ccc(F)cc2F)cc1)N1CC[C@](CCCO)(c2cccs2)CC1=O. The summed E-state index contributed by atoms with van der Waals surface area (Å²) in [4.78, 5) is 16.4. The van der Waals surface area contributed by atoms with Gasteiger partial charge in [-0.1, -0.05) is 30.3 Å². The van der Waals surface area contributed by atoms with E-state index in [0.717, 1.165) is 24.5 Å². The maximum Gasteiger partial charge on any atom is 0.224 e. The molecule has 1 fully saturated rings. The van der Waals surface area contributed by atoms with Gasteiger partial charge in [0.2, 0.25) is 5.91 Å². The average Bonchev–Trinajstić information content (AvgIpc) is 3.33. The third-order valence-corrected chi connectivity index (χ3v) is 7.72. The summed E-state index contributed by atoms with van der Waals surface area (Å²) in [5.74, 6) is -1.08. The van der Waals surface area contributed by atoms with Crippen LogP contribution in [0, 0.1) is 11.6 Å². The Labute approximate surface area is 191 Å². The monoisotopic (exact) mass is 455 g/mol. The van der Waals surface area contributed by atoms with E-state index < -0.39 is 11.6 Å². The highest BCUT2D eigenvalue weighted by atomic mass is 32.1. The number of likely N-dealkylation sites (tertiary alicyclic amines) is 1. The molecule has 2 aromatic carbocycles. The van der Waals surface area contributed by atoms with E-state index in [1.54, 1.807) is 11.3 Å². The van der Waals surface area contributed by atoms with Crippen molar-refractivity contribution in [3.05, 3.63) is 82.1 Å². The van der Waals surface area contributed by atoms with Crippen molar-refractivity contribution >= 4 is 17.2 Å². The van der Waals surface area contributed by atoms with Crippen LogP contribution in [0.25, 0.3) is 11.1 Å². The predicted octanol–water partition coefficient (Wildman–Crippen LogP) is 6.09. The van der Waals surface area contributed by atoms with E-state index in [0.29, 0.717) is 30.5 Å². The Morgan fingerprint density at radius 2 is 1.94 bits per heavy atom. The van der Waals surface area contributed by atoms with Crippen LogP contribution in [-0.4, -0.2) is 29.1 Å². The Balaban J connectivity index is 1.50. The number of thiophene rings is 1. The minimum absolute atomic E-state index is 0.103. The molecule has 168 valence electrons. The van der Waals surface area contributed by atoms with E-state index in [-0.39, 0.29) is 24.0 Å². The normalized spacial score (nSPS) is 19.9. The number of aliphatic hydroxyl groups is 1. The second-order valence-electron chi connectivity index (χ2n) is 8.52. The van der Waals surface area contributed by atoms with Crippen LogP contribution in [0.1, 0.15) is 49.1 Å². The van der Waals surface area contributed by atoms with Crippen molar-refractivity contribution in [2.24, 2.45) is 0 Å². The van der Waals surface area contributed by atoms with E-state index >= 15 is 0 Å². The zero-order valence-corrected chi connectivity index (χ0v) is 18.9. The number of piperidine rings is 1. The number of aliphatic hydroxyl groups excluding tert-OH is 1. The van der Waals surface area contributed by atoms with Crippen molar-refractivity contribution in [3.63, 3.8) is 0 Å². The number of amides is 1. The molecule has 0 radical (unpaired) electrons. The fourth-order valence-corrected chi connectivity index (χ4v) is 5.72. The molecule has 1 N–H and O–H groups in total. The van der Waals surface area contributed by atoms with Gasteiger partial charge in [0, 0.05) is 41.5 Å². The molecule has 1 aromatic heterocycles. The van der Waals surface area contributed by atoms with Crippen LogP contribution >= 0.6 is 11.3 Å². The number of hydrogen-bond donors (Lipinski definition) is 1. The number of carbonyl (C=O) groups excluding carboxylic acids is 1. The molecule has 0 unspecified atom stereocenters. The van der Waals surface area contributed by atoms with Crippen LogP contribution in [0.4, 0.5) is 8.78 Å². The molecule has 2 heterocycles. The van der Waals surface area contributed by atoms with Gasteiger partial charge in [-0.15, -0.1) is 11.3 Å². The van der Waals surface area contributed by atoms with Crippen molar-refractivity contribution in [2.75, 3.05) is 13.2 Å². The van der Waals surface area contributed by atoms with Crippen molar-refractivity contribution in [2.45, 2.75) is 44.1 Å². The first-order chi connectivity index (χ1) is 15.4. The Hall–Kier alpha value is -2.57. The van der Waals surface area contributed by atoms with Crippen LogP contribution in [0.5, 0.6) is 0 Å². The van der Waals surface area contributed by atoms with Gasteiger partial charge in [0.1, 0.15) is 11.6 Å². The second kappa shape index (κ2) is 9.51. The smallest absolute Gasteiger partial charge is 0.224 e. The summed E-state index contributed by atoms with van der Waals surface area (Å²) in [6, 6.07) is 15.0. The Morgan fingerprint density at radius 1 is 1.16 bits per heavy atom. The highest BCUT2D eigenvalue weighted by molar-refractivity contribution is 7.10. The standard InChI is InChI=1S/C26H27F2NO2S/c1-18(19-5-7-20(8-6-19)22-10-9-21(27)16-23(22)28)29-13-12-26(11-3-14-30,17-25(29)31)24-4-2-15-32-24/h2,4-10,15-16,18,30H,3,11-14,17H2,1H3/t18-,26-/m0/s1. The van der Waals surface area contributed by atoms with Gasteiger partial charge in [-0.3, -0.25) is 4.79 Å². The predicted molar refractivity (Wildman–Crippen MR) is 123 cm³/mol. The zero-order chi connectivity index (χ0) is 22.7. The van der Waals surface area contributed by atoms with Gasteiger partial charge >= 0.3 is 0 Å².